The molecule has 0 aliphatic carbocycles. The maximum Gasteiger partial charge on any atom is 0.230 e. The minimum absolute atomic E-state index is 0.0854. The summed E-state index contributed by atoms with van der Waals surface area (Å²) in [5.41, 5.74) is -0.349. The van der Waals surface area contributed by atoms with Gasteiger partial charge in [-0.05, 0) is 45.2 Å². The van der Waals surface area contributed by atoms with Gasteiger partial charge < -0.3 is 14.5 Å². The number of para-hydroxylation sites is 1. The zero-order chi connectivity index (χ0) is 17.9. The average Bonchev–Trinajstić information content (AvgIpc) is 3.03. The lowest BCUT2D eigenvalue weighted by molar-refractivity contribution is -0.148. The van der Waals surface area contributed by atoms with Gasteiger partial charge in [-0.2, -0.15) is 0 Å². The van der Waals surface area contributed by atoms with E-state index in [2.05, 4.69) is 13.8 Å². The van der Waals surface area contributed by atoms with Crippen molar-refractivity contribution in [3.63, 3.8) is 0 Å². The van der Waals surface area contributed by atoms with Gasteiger partial charge in [0, 0.05) is 25.7 Å². The molecule has 5 nitrogen and oxygen atoms in total. The van der Waals surface area contributed by atoms with E-state index in [9.17, 15) is 9.59 Å². The Hall–Kier alpha value is -2.04. The molecule has 0 radical (unpaired) electrons. The van der Waals surface area contributed by atoms with Crippen LogP contribution in [0.5, 0.6) is 5.75 Å². The summed E-state index contributed by atoms with van der Waals surface area (Å²) >= 11 is 0. The molecule has 1 aromatic rings. The van der Waals surface area contributed by atoms with E-state index in [-0.39, 0.29) is 23.3 Å². The molecule has 5 heteroatoms. The van der Waals surface area contributed by atoms with Crippen LogP contribution in [0, 0.1) is 5.41 Å². The zero-order valence-corrected chi connectivity index (χ0v) is 15.2. The smallest absolute Gasteiger partial charge is 0.230 e. The van der Waals surface area contributed by atoms with Crippen molar-refractivity contribution in [2.45, 2.75) is 45.6 Å². The van der Waals surface area contributed by atoms with E-state index in [0.717, 1.165) is 31.6 Å². The molecule has 1 atom stereocenters. The number of amides is 2. The molecule has 0 saturated carbocycles. The highest BCUT2D eigenvalue weighted by atomic mass is 16.5. The van der Waals surface area contributed by atoms with Crippen molar-refractivity contribution in [2.24, 2.45) is 5.41 Å². The lowest BCUT2D eigenvalue weighted by atomic mass is 9.78. The first-order valence-corrected chi connectivity index (χ1v) is 9.28. The van der Waals surface area contributed by atoms with Crippen LogP contribution >= 0.6 is 0 Å². The van der Waals surface area contributed by atoms with Gasteiger partial charge in [0.05, 0.1) is 18.4 Å². The van der Waals surface area contributed by atoms with E-state index in [1.165, 1.54) is 0 Å². The van der Waals surface area contributed by atoms with Crippen LogP contribution in [0.25, 0.3) is 0 Å². The Labute approximate surface area is 149 Å². The molecule has 0 bridgehead atoms. The molecule has 136 valence electrons. The third kappa shape index (κ3) is 3.80. The Bertz CT molecular complexity index is 617. The maximum atomic E-state index is 12.9. The van der Waals surface area contributed by atoms with Crippen molar-refractivity contribution < 1.29 is 14.3 Å². The summed E-state index contributed by atoms with van der Waals surface area (Å²) in [5, 5.41) is 0. The van der Waals surface area contributed by atoms with Crippen molar-refractivity contribution in [1.29, 1.82) is 0 Å². The van der Waals surface area contributed by atoms with E-state index in [0.29, 0.717) is 26.1 Å². The third-order valence-corrected chi connectivity index (χ3v) is 5.43. The van der Waals surface area contributed by atoms with Gasteiger partial charge in [-0.25, -0.2) is 0 Å². The van der Waals surface area contributed by atoms with Crippen molar-refractivity contribution in [3.05, 3.63) is 30.3 Å². The van der Waals surface area contributed by atoms with Crippen molar-refractivity contribution in [2.75, 3.05) is 26.2 Å². The second kappa shape index (κ2) is 7.46. The molecule has 25 heavy (non-hydrogen) atoms. The number of rotatable bonds is 5. The molecule has 2 saturated heterocycles. The Morgan fingerprint density at radius 3 is 2.68 bits per heavy atom. The van der Waals surface area contributed by atoms with E-state index in [1.807, 2.05) is 40.1 Å². The van der Waals surface area contributed by atoms with Gasteiger partial charge in [-0.15, -0.1) is 0 Å². The quantitative estimate of drug-likeness (QED) is 0.825. The number of benzene rings is 1. The summed E-state index contributed by atoms with van der Waals surface area (Å²) in [6.45, 7) is 6.60. The predicted molar refractivity (Wildman–Crippen MR) is 96.3 cm³/mol. The number of likely N-dealkylation sites (tertiary alicyclic amines) is 2. The number of carbonyl (C=O) groups is 2. The first-order valence-electron chi connectivity index (χ1n) is 9.28. The molecule has 2 amide bonds. The average molecular weight is 344 g/mol. The number of ether oxygens (including phenoxy) is 1. The largest absolute Gasteiger partial charge is 0.493 e. The van der Waals surface area contributed by atoms with Crippen LogP contribution in [0.15, 0.2) is 30.3 Å². The maximum absolute atomic E-state index is 12.9. The standard InChI is InChI=1S/C20H28N2O3/c1-16(2)22-12-6-10-20(19(22)24)11-13-21(15-20)18(23)9-14-25-17-7-4-3-5-8-17/h3-5,7-8,16H,6,9-15H2,1-2H3. The van der Waals surface area contributed by atoms with Crippen molar-refractivity contribution in [1.82, 2.24) is 9.80 Å². The summed E-state index contributed by atoms with van der Waals surface area (Å²) in [5.74, 6) is 1.11. The monoisotopic (exact) mass is 344 g/mol. The van der Waals surface area contributed by atoms with Crippen LogP contribution in [-0.4, -0.2) is 53.9 Å². The fraction of sp³-hybridized carbons (Fsp3) is 0.600. The molecule has 2 heterocycles. The van der Waals surface area contributed by atoms with Crippen LogP contribution in [0.1, 0.15) is 39.5 Å². The third-order valence-electron chi connectivity index (χ3n) is 5.43. The Morgan fingerprint density at radius 2 is 1.96 bits per heavy atom. The second-order valence-electron chi connectivity index (χ2n) is 7.45. The predicted octanol–water partition coefficient (Wildman–Crippen LogP) is 2.71. The second-order valence-corrected chi connectivity index (χ2v) is 7.45. The molecule has 2 aliphatic heterocycles. The molecule has 1 unspecified atom stereocenters. The lowest BCUT2D eigenvalue weighted by Crippen LogP contribution is -2.52. The summed E-state index contributed by atoms with van der Waals surface area (Å²) in [6, 6.07) is 9.76. The van der Waals surface area contributed by atoms with Gasteiger partial charge in [-0.3, -0.25) is 9.59 Å². The van der Waals surface area contributed by atoms with Crippen LogP contribution in [0.2, 0.25) is 0 Å². The Morgan fingerprint density at radius 1 is 1.20 bits per heavy atom. The fourth-order valence-electron chi connectivity index (χ4n) is 3.99. The van der Waals surface area contributed by atoms with E-state index < -0.39 is 0 Å². The van der Waals surface area contributed by atoms with Gasteiger partial charge in [-0.1, -0.05) is 18.2 Å². The first kappa shape index (κ1) is 17.8. The molecule has 1 aromatic carbocycles. The number of nitrogens with zero attached hydrogens (tertiary/aromatic N) is 2. The van der Waals surface area contributed by atoms with Gasteiger partial charge in [0.15, 0.2) is 0 Å². The van der Waals surface area contributed by atoms with E-state index in [4.69, 9.17) is 4.74 Å². The zero-order valence-electron chi connectivity index (χ0n) is 15.2. The number of hydrogen-bond acceptors (Lipinski definition) is 3. The molecule has 0 N–H and O–H groups in total. The SMILES string of the molecule is CC(C)N1CCCC2(CCN(C(=O)CCOc3ccccc3)C2)C1=O. The fourth-order valence-corrected chi connectivity index (χ4v) is 3.99. The molecule has 1 spiro atoms. The number of hydrogen-bond donors (Lipinski definition) is 0. The Kier molecular flexibility index (Phi) is 5.30. The molecule has 2 fully saturated rings. The van der Waals surface area contributed by atoms with Crippen LogP contribution in [-0.2, 0) is 9.59 Å². The van der Waals surface area contributed by atoms with Crippen molar-refractivity contribution >= 4 is 11.8 Å². The van der Waals surface area contributed by atoms with Gasteiger partial charge in [0.2, 0.25) is 11.8 Å². The topological polar surface area (TPSA) is 49.9 Å². The highest BCUT2D eigenvalue weighted by Crippen LogP contribution is 2.40. The van der Waals surface area contributed by atoms with Crippen LogP contribution < -0.4 is 4.74 Å². The first-order chi connectivity index (χ1) is 12.0. The molecule has 2 aliphatic rings. The number of piperidine rings is 1. The summed E-state index contributed by atoms with van der Waals surface area (Å²) in [6.07, 6.45) is 3.08. The van der Waals surface area contributed by atoms with E-state index in [1.54, 1.807) is 0 Å². The molecule has 0 aromatic heterocycles. The van der Waals surface area contributed by atoms with Gasteiger partial charge in [0.25, 0.3) is 0 Å². The normalized spacial score (nSPS) is 23.6. The summed E-state index contributed by atoms with van der Waals surface area (Å²) in [4.78, 5) is 29.3. The highest BCUT2D eigenvalue weighted by molar-refractivity contribution is 5.86. The Balaban J connectivity index is 1.53. The van der Waals surface area contributed by atoms with Gasteiger partial charge >= 0.3 is 0 Å². The molecular formula is C20H28N2O3. The summed E-state index contributed by atoms with van der Waals surface area (Å²) in [7, 11) is 0. The van der Waals surface area contributed by atoms with E-state index >= 15 is 0 Å². The minimum Gasteiger partial charge on any atom is -0.493 e. The summed E-state index contributed by atoms with van der Waals surface area (Å²) < 4.78 is 5.62. The minimum atomic E-state index is -0.349. The molecule has 3 rings (SSSR count). The number of carbonyl (C=O) groups excluding carboxylic acids is 2. The van der Waals surface area contributed by atoms with Gasteiger partial charge in [0.1, 0.15) is 5.75 Å². The molecular weight excluding hydrogens is 316 g/mol. The van der Waals surface area contributed by atoms with Crippen LogP contribution in [0.3, 0.4) is 0 Å². The lowest BCUT2D eigenvalue weighted by Gasteiger charge is -2.41. The van der Waals surface area contributed by atoms with Crippen molar-refractivity contribution in [3.8, 4) is 5.75 Å². The van der Waals surface area contributed by atoms with Crippen LogP contribution in [0.4, 0.5) is 0 Å². The highest BCUT2D eigenvalue weighted by Gasteiger charge is 2.49.